The highest BCUT2D eigenvalue weighted by Gasteiger charge is 2.41. The Balaban J connectivity index is 2.53. The number of ether oxygens (including phenoxy) is 1. The minimum Gasteiger partial charge on any atom is -0.394 e. The Morgan fingerprint density at radius 2 is 2.20 bits per heavy atom. The van der Waals surface area contributed by atoms with Crippen molar-refractivity contribution in [1.29, 1.82) is 0 Å². The van der Waals surface area contributed by atoms with E-state index < -0.39 is 22.5 Å². The van der Waals surface area contributed by atoms with Gasteiger partial charge in [-0.1, -0.05) is 22.6 Å². The fourth-order valence-corrected chi connectivity index (χ4v) is 1.47. The van der Waals surface area contributed by atoms with Gasteiger partial charge in [0.2, 0.25) is 6.36 Å². The molecule has 1 unspecified atom stereocenters. The minimum atomic E-state index is -1.45. The maximum absolute atomic E-state index is 12.5. The number of aliphatic hydroxyl groups is 2. The molecule has 1 saturated heterocycles. The van der Waals surface area contributed by atoms with Gasteiger partial charge < -0.3 is 14.9 Å². The lowest BCUT2D eigenvalue weighted by atomic mass is 10.2. The normalized spacial score (nSPS) is 48.0. The molecule has 4 atom stereocenters. The lowest BCUT2D eigenvalue weighted by Gasteiger charge is -2.09. The van der Waals surface area contributed by atoms with Crippen LogP contribution in [0.5, 0.6) is 0 Å². The van der Waals surface area contributed by atoms with Gasteiger partial charge in [0.25, 0.3) is 0 Å². The van der Waals surface area contributed by atoms with E-state index in [0.717, 1.165) is 0 Å². The van der Waals surface area contributed by atoms with E-state index in [4.69, 9.17) is 10.2 Å². The zero-order chi connectivity index (χ0) is 7.72. The number of rotatable bonds is 1. The predicted molar refractivity (Wildman–Crippen MR) is 40.7 cm³/mol. The molecule has 3 nitrogen and oxygen atoms in total. The molecule has 0 bridgehead atoms. The summed E-state index contributed by atoms with van der Waals surface area (Å²) < 4.78 is 16.5. The fraction of sp³-hybridized carbons (Fsp3) is 1.00. The van der Waals surface area contributed by atoms with Gasteiger partial charge in [0, 0.05) is 0 Å². The van der Waals surface area contributed by atoms with E-state index in [0.29, 0.717) is 0 Å². The fourth-order valence-electron chi connectivity index (χ4n) is 0.834. The first-order valence-electron chi connectivity index (χ1n) is 2.89. The molecule has 0 aliphatic carbocycles. The number of alkyl halides is 2. The molecule has 0 aromatic heterocycles. The van der Waals surface area contributed by atoms with Gasteiger partial charge in [-0.05, 0) is 0 Å². The number of hydrogen-bond donors (Lipinski definition) is 2. The molecule has 60 valence electrons. The van der Waals surface area contributed by atoms with Crippen LogP contribution in [0.1, 0.15) is 0 Å². The van der Waals surface area contributed by atoms with Gasteiger partial charge in [0.05, 0.1) is 16.6 Å². The van der Waals surface area contributed by atoms with E-state index in [2.05, 4.69) is 4.74 Å². The third kappa shape index (κ3) is 1.41. The zero-order valence-electron chi connectivity index (χ0n) is 5.08. The second kappa shape index (κ2) is 3.29. The summed E-state index contributed by atoms with van der Waals surface area (Å²) in [4.78, 5) is 0. The summed E-state index contributed by atoms with van der Waals surface area (Å²) in [6.07, 6.45) is -3.09. The highest BCUT2D eigenvalue weighted by molar-refractivity contribution is 14.1. The van der Waals surface area contributed by atoms with Crippen molar-refractivity contribution in [2.45, 2.75) is 22.5 Å². The van der Waals surface area contributed by atoms with Crippen molar-refractivity contribution in [3.05, 3.63) is 0 Å². The van der Waals surface area contributed by atoms with Crippen molar-refractivity contribution in [2.24, 2.45) is 0 Å². The third-order valence-electron chi connectivity index (χ3n) is 1.44. The molecule has 1 aliphatic heterocycles. The molecule has 1 heterocycles. The van der Waals surface area contributed by atoms with Gasteiger partial charge in [0.15, 0.2) is 0 Å². The SMILES string of the molecule is OC[C@H]1OC(F)[C@H](I)[C@H]1O. The number of aliphatic hydroxyl groups excluding tert-OH is 2. The summed E-state index contributed by atoms with van der Waals surface area (Å²) in [6, 6.07) is 0. The summed E-state index contributed by atoms with van der Waals surface area (Å²) in [5.74, 6) is 0. The Morgan fingerprint density at radius 1 is 1.60 bits per heavy atom. The van der Waals surface area contributed by atoms with E-state index in [9.17, 15) is 4.39 Å². The summed E-state index contributed by atoms with van der Waals surface area (Å²) in [5, 5.41) is 17.6. The third-order valence-corrected chi connectivity index (χ3v) is 2.74. The minimum absolute atomic E-state index is 0.332. The second-order valence-corrected chi connectivity index (χ2v) is 3.58. The molecule has 1 rings (SSSR count). The van der Waals surface area contributed by atoms with Crippen molar-refractivity contribution in [2.75, 3.05) is 6.61 Å². The van der Waals surface area contributed by atoms with Gasteiger partial charge in [-0.25, -0.2) is 4.39 Å². The Kier molecular flexibility index (Phi) is 2.84. The monoisotopic (exact) mass is 262 g/mol. The Hall–Kier alpha value is 0.540. The average molecular weight is 262 g/mol. The molecule has 1 fully saturated rings. The Labute approximate surface area is 71.3 Å². The molecule has 5 heteroatoms. The van der Waals surface area contributed by atoms with Crippen molar-refractivity contribution in [3.63, 3.8) is 0 Å². The largest absolute Gasteiger partial charge is 0.394 e. The van der Waals surface area contributed by atoms with Gasteiger partial charge in [-0.15, -0.1) is 0 Å². The van der Waals surface area contributed by atoms with Crippen LogP contribution in [0.15, 0.2) is 0 Å². The van der Waals surface area contributed by atoms with Crippen LogP contribution in [0, 0.1) is 0 Å². The van der Waals surface area contributed by atoms with Gasteiger partial charge in [-0.2, -0.15) is 0 Å². The molecule has 0 saturated carbocycles. The van der Waals surface area contributed by atoms with Crippen molar-refractivity contribution in [1.82, 2.24) is 0 Å². The molecule has 2 N–H and O–H groups in total. The van der Waals surface area contributed by atoms with E-state index in [1.54, 1.807) is 22.6 Å². The second-order valence-electron chi connectivity index (χ2n) is 2.14. The predicted octanol–water partition coefficient (Wildman–Crippen LogP) is -0.162. The molecular weight excluding hydrogens is 254 g/mol. The molecule has 0 radical (unpaired) electrons. The van der Waals surface area contributed by atoms with Crippen LogP contribution in [0.2, 0.25) is 0 Å². The topological polar surface area (TPSA) is 49.7 Å². The van der Waals surface area contributed by atoms with Crippen LogP contribution in [-0.4, -0.2) is 39.3 Å². The average Bonchev–Trinajstić information content (AvgIpc) is 2.17. The Morgan fingerprint density at radius 3 is 2.40 bits per heavy atom. The quantitative estimate of drug-likeness (QED) is 0.510. The van der Waals surface area contributed by atoms with E-state index in [-0.39, 0.29) is 6.61 Å². The molecule has 0 amide bonds. The summed E-state index contributed by atoms with van der Waals surface area (Å²) in [5.41, 5.74) is 0. The number of halogens is 2. The maximum Gasteiger partial charge on any atom is 0.213 e. The van der Waals surface area contributed by atoms with E-state index >= 15 is 0 Å². The first-order chi connectivity index (χ1) is 4.66. The first kappa shape index (κ1) is 8.63. The lowest BCUT2D eigenvalue weighted by Crippen LogP contribution is -2.29. The zero-order valence-corrected chi connectivity index (χ0v) is 7.23. The van der Waals surface area contributed by atoms with Crippen LogP contribution < -0.4 is 0 Å². The molecule has 0 spiro atoms. The highest BCUT2D eigenvalue weighted by atomic mass is 127. The standard InChI is InChI=1S/C5H8FIO3/c6-5-3(7)4(9)2(1-8)10-5/h2-5,8-9H,1H2/t2-,3-,4+,5?/m1/s1. The van der Waals surface area contributed by atoms with Crippen LogP contribution >= 0.6 is 22.6 Å². The summed E-state index contributed by atoms with van der Waals surface area (Å²) in [7, 11) is 0. The Bertz CT molecular complexity index is 123. The molecule has 10 heavy (non-hydrogen) atoms. The van der Waals surface area contributed by atoms with Crippen molar-refractivity contribution in [3.8, 4) is 0 Å². The lowest BCUT2D eigenvalue weighted by molar-refractivity contribution is -0.0648. The van der Waals surface area contributed by atoms with Gasteiger partial charge >= 0.3 is 0 Å². The van der Waals surface area contributed by atoms with Gasteiger partial charge in [0.1, 0.15) is 6.10 Å². The van der Waals surface area contributed by atoms with E-state index in [1.807, 2.05) is 0 Å². The maximum atomic E-state index is 12.5. The molecule has 0 aromatic rings. The molecule has 0 aromatic carbocycles. The van der Waals surface area contributed by atoms with Crippen LogP contribution in [-0.2, 0) is 4.74 Å². The van der Waals surface area contributed by atoms with Crippen LogP contribution in [0.25, 0.3) is 0 Å². The van der Waals surface area contributed by atoms with Gasteiger partial charge in [-0.3, -0.25) is 0 Å². The number of hydrogen-bond acceptors (Lipinski definition) is 3. The van der Waals surface area contributed by atoms with Crippen LogP contribution in [0.4, 0.5) is 4.39 Å². The smallest absolute Gasteiger partial charge is 0.213 e. The highest BCUT2D eigenvalue weighted by Crippen LogP contribution is 2.27. The van der Waals surface area contributed by atoms with Crippen LogP contribution in [0.3, 0.4) is 0 Å². The van der Waals surface area contributed by atoms with Crippen molar-refractivity contribution >= 4 is 22.6 Å². The summed E-state index contributed by atoms with van der Waals surface area (Å²) >= 11 is 1.76. The summed E-state index contributed by atoms with van der Waals surface area (Å²) in [6.45, 7) is -0.332. The van der Waals surface area contributed by atoms with Crippen molar-refractivity contribution < 1.29 is 19.3 Å². The first-order valence-corrected chi connectivity index (χ1v) is 4.14. The van der Waals surface area contributed by atoms with E-state index in [1.165, 1.54) is 0 Å². The molecule has 1 aliphatic rings. The molecular formula is C5H8FIO3.